The number of nitrogens with zero attached hydrogens (tertiary/aromatic N) is 1. The van der Waals surface area contributed by atoms with Gasteiger partial charge in [-0.15, -0.1) is 0 Å². The predicted octanol–water partition coefficient (Wildman–Crippen LogP) is 5.89. The van der Waals surface area contributed by atoms with Crippen LogP contribution in [0.2, 0.25) is 5.02 Å². The average molecular weight is 462 g/mol. The van der Waals surface area contributed by atoms with Crippen molar-refractivity contribution >= 4 is 29.0 Å². The van der Waals surface area contributed by atoms with E-state index in [4.69, 9.17) is 11.6 Å². The van der Waals surface area contributed by atoms with Crippen molar-refractivity contribution in [3.8, 4) is 0 Å². The third kappa shape index (κ3) is 3.77. The van der Waals surface area contributed by atoms with E-state index in [0.29, 0.717) is 28.4 Å². The summed E-state index contributed by atoms with van der Waals surface area (Å²) >= 11 is 6.24. The van der Waals surface area contributed by atoms with Gasteiger partial charge in [-0.2, -0.15) is 0 Å². The predicted molar refractivity (Wildman–Crippen MR) is 132 cm³/mol. The van der Waals surface area contributed by atoms with E-state index in [2.05, 4.69) is 0 Å². The molecule has 5 heteroatoms. The topological polar surface area (TPSA) is 57.6 Å². The quantitative estimate of drug-likeness (QED) is 0.482. The molecule has 33 heavy (non-hydrogen) atoms. The fourth-order valence-corrected chi connectivity index (χ4v) is 5.03. The smallest absolute Gasteiger partial charge is 0.264 e. The van der Waals surface area contributed by atoms with Crippen LogP contribution in [-0.4, -0.2) is 16.8 Å². The van der Waals surface area contributed by atoms with Gasteiger partial charge in [-0.3, -0.25) is 9.59 Å². The molecular weight excluding hydrogens is 434 g/mol. The highest BCUT2D eigenvalue weighted by Gasteiger charge is 2.51. The van der Waals surface area contributed by atoms with Crippen LogP contribution < -0.4 is 4.90 Å². The van der Waals surface area contributed by atoms with E-state index in [9.17, 15) is 14.7 Å². The van der Waals surface area contributed by atoms with E-state index >= 15 is 0 Å². The SMILES string of the molecule is Cc1c(C)c(C)c(C(=O)C[C@]2(O)C(=O)N(Cc3ccccc3)c3ccc(Cl)cc32)c(C)c1C. The van der Waals surface area contributed by atoms with E-state index in [1.54, 1.807) is 23.1 Å². The van der Waals surface area contributed by atoms with Gasteiger partial charge in [0.05, 0.1) is 18.7 Å². The van der Waals surface area contributed by atoms with Crippen molar-refractivity contribution in [2.24, 2.45) is 0 Å². The van der Waals surface area contributed by atoms with Crippen molar-refractivity contribution in [2.75, 3.05) is 4.90 Å². The summed E-state index contributed by atoms with van der Waals surface area (Å²) in [6.07, 6.45) is -0.339. The van der Waals surface area contributed by atoms with Gasteiger partial charge in [-0.25, -0.2) is 0 Å². The summed E-state index contributed by atoms with van der Waals surface area (Å²) in [6.45, 7) is 10.2. The highest BCUT2D eigenvalue weighted by atomic mass is 35.5. The number of Topliss-reactive ketones (excluding diaryl/α,β-unsaturated/α-hetero) is 1. The summed E-state index contributed by atoms with van der Waals surface area (Å²) in [4.78, 5) is 28.8. The number of amides is 1. The number of fused-ring (bicyclic) bond motifs is 1. The lowest BCUT2D eigenvalue weighted by Crippen LogP contribution is -2.41. The van der Waals surface area contributed by atoms with Gasteiger partial charge in [0.25, 0.3) is 5.91 Å². The number of benzene rings is 3. The Kier molecular flexibility index (Phi) is 5.94. The van der Waals surface area contributed by atoms with E-state index in [-0.39, 0.29) is 12.2 Å². The van der Waals surface area contributed by atoms with Crippen LogP contribution in [0.25, 0.3) is 0 Å². The van der Waals surface area contributed by atoms with Crippen molar-refractivity contribution in [3.05, 3.63) is 98.1 Å². The first-order valence-corrected chi connectivity index (χ1v) is 11.4. The standard InChI is InChI=1S/C28H28ClNO3/c1-16-17(2)19(4)26(20(5)18(16)3)25(31)14-28(33)23-13-22(29)11-12-24(23)30(27(28)32)15-21-9-7-6-8-10-21/h6-13,33H,14-15H2,1-5H3/t28-/m1/s1. The molecular formula is C28H28ClNO3. The van der Waals surface area contributed by atoms with Gasteiger partial charge in [0, 0.05) is 16.1 Å². The van der Waals surface area contributed by atoms with Gasteiger partial charge < -0.3 is 10.0 Å². The molecule has 0 unspecified atom stereocenters. The molecule has 1 atom stereocenters. The van der Waals surface area contributed by atoms with Crippen LogP contribution in [0.1, 0.15) is 55.7 Å². The Morgan fingerprint density at radius 3 is 2.09 bits per heavy atom. The Morgan fingerprint density at radius 1 is 0.909 bits per heavy atom. The van der Waals surface area contributed by atoms with Crippen molar-refractivity contribution in [3.63, 3.8) is 0 Å². The maximum atomic E-state index is 13.6. The minimum Gasteiger partial charge on any atom is -0.375 e. The minimum absolute atomic E-state index is 0.250. The Hall–Kier alpha value is -2.95. The molecule has 3 aromatic carbocycles. The molecule has 0 aromatic heterocycles. The molecule has 0 bridgehead atoms. The van der Waals surface area contributed by atoms with E-state index < -0.39 is 11.5 Å². The molecule has 3 aromatic rings. The Balaban J connectivity index is 1.77. The lowest BCUT2D eigenvalue weighted by Gasteiger charge is -2.24. The molecule has 4 nitrogen and oxygen atoms in total. The first kappa shape index (κ1) is 23.2. The zero-order valence-corrected chi connectivity index (χ0v) is 20.4. The first-order valence-electron chi connectivity index (χ1n) is 11.0. The van der Waals surface area contributed by atoms with Crippen LogP contribution in [0.15, 0.2) is 48.5 Å². The molecule has 1 amide bonds. The van der Waals surface area contributed by atoms with Crippen LogP contribution in [0.3, 0.4) is 0 Å². The molecule has 1 aliphatic heterocycles. The third-order valence-electron chi connectivity index (χ3n) is 7.17. The lowest BCUT2D eigenvalue weighted by atomic mass is 9.82. The Bertz CT molecular complexity index is 1250. The van der Waals surface area contributed by atoms with Crippen molar-refractivity contribution in [1.29, 1.82) is 0 Å². The second kappa shape index (κ2) is 8.44. The van der Waals surface area contributed by atoms with Gasteiger partial charge in [-0.05, 0) is 86.2 Å². The molecule has 1 heterocycles. The molecule has 0 saturated carbocycles. The second-order valence-electron chi connectivity index (χ2n) is 9.00. The normalized spacial score (nSPS) is 17.4. The number of rotatable bonds is 5. The summed E-state index contributed by atoms with van der Waals surface area (Å²) in [5, 5.41) is 12.1. The number of anilines is 1. The van der Waals surface area contributed by atoms with Gasteiger partial charge in [0.2, 0.25) is 0 Å². The molecule has 0 spiro atoms. The van der Waals surface area contributed by atoms with Crippen molar-refractivity contribution < 1.29 is 14.7 Å². The molecule has 170 valence electrons. The van der Waals surface area contributed by atoms with Crippen molar-refractivity contribution in [1.82, 2.24) is 0 Å². The number of hydrogen-bond donors (Lipinski definition) is 1. The van der Waals surface area contributed by atoms with Crippen LogP contribution >= 0.6 is 11.6 Å². The number of carbonyl (C=O) groups is 2. The lowest BCUT2D eigenvalue weighted by molar-refractivity contribution is -0.136. The number of aliphatic hydroxyl groups is 1. The number of ketones is 1. The third-order valence-corrected chi connectivity index (χ3v) is 7.41. The molecule has 0 radical (unpaired) electrons. The van der Waals surface area contributed by atoms with Gasteiger partial charge in [0.15, 0.2) is 11.4 Å². The zero-order valence-electron chi connectivity index (χ0n) is 19.6. The molecule has 0 fully saturated rings. The highest BCUT2D eigenvalue weighted by Crippen LogP contribution is 2.45. The van der Waals surface area contributed by atoms with Crippen LogP contribution in [0.4, 0.5) is 5.69 Å². The fraction of sp³-hybridized carbons (Fsp3) is 0.286. The molecule has 1 aliphatic rings. The summed E-state index contributed by atoms with van der Waals surface area (Å²) in [6, 6.07) is 14.6. The van der Waals surface area contributed by atoms with E-state index in [1.807, 2.05) is 65.0 Å². The van der Waals surface area contributed by atoms with E-state index in [0.717, 1.165) is 33.4 Å². The fourth-order valence-electron chi connectivity index (χ4n) is 4.86. The van der Waals surface area contributed by atoms with Crippen LogP contribution in [-0.2, 0) is 16.9 Å². The highest BCUT2D eigenvalue weighted by molar-refractivity contribution is 6.31. The summed E-state index contributed by atoms with van der Waals surface area (Å²) in [5.74, 6) is -0.757. The first-order chi connectivity index (χ1) is 15.6. The summed E-state index contributed by atoms with van der Waals surface area (Å²) < 4.78 is 0. The Labute approximate surface area is 199 Å². The number of halogens is 1. The second-order valence-corrected chi connectivity index (χ2v) is 9.44. The minimum atomic E-state index is -1.97. The number of carbonyl (C=O) groups excluding carboxylic acids is 2. The van der Waals surface area contributed by atoms with Gasteiger partial charge in [0.1, 0.15) is 0 Å². The van der Waals surface area contributed by atoms with Crippen LogP contribution in [0, 0.1) is 34.6 Å². The molecule has 1 N–H and O–H groups in total. The monoisotopic (exact) mass is 461 g/mol. The van der Waals surface area contributed by atoms with Crippen LogP contribution in [0.5, 0.6) is 0 Å². The number of hydrogen-bond acceptors (Lipinski definition) is 3. The average Bonchev–Trinajstić information content (AvgIpc) is 2.98. The largest absolute Gasteiger partial charge is 0.375 e. The maximum absolute atomic E-state index is 13.6. The molecule has 4 rings (SSSR count). The Morgan fingerprint density at radius 2 is 1.48 bits per heavy atom. The summed E-state index contributed by atoms with van der Waals surface area (Å²) in [5.41, 5.74) is 5.54. The zero-order chi connectivity index (χ0) is 24.1. The van der Waals surface area contributed by atoms with E-state index in [1.165, 1.54) is 0 Å². The van der Waals surface area contributed by atoms with Gasteiger partial charge >= 0.3 is 0 Å². The summed E-state index contributed by atoms with van der Waals surface area (Å²) in [7, 11) is 0. The van der Waals surface area contributed by atoms with Gasteiger partial charge in [-0.1, -0.05) is 41.9 Å². The maximum Gasteiger partial charge on any atom is 0.264 e. The molecule has 0 aliphatic carbocycles. The molecule has 0 saturated heterocycles. The van der Waals surface area contributed by atoms with Crippen molar-refractivity contribution in [2.45, 2.75) is 53.2 Å².